The lowest BCUT2D eigenvalue weighted by molar-refractivity contribution is -0.928. The number of carbonyl (C=O) groups is 1. The Balaban J connectivity index is 1.66. The highest BCUT2D eigenvalue weighted by Crippen LogP contribution is 2.22. The molecular weight excluding hydrogens is 366 g/mol. The van der Waals surface area contributed by atoms with Gasteiger partial charge in [-0.15, -0.1) is 0 Å². The number of nitrogens with zero attached hydrogens (tertiary/aromatic N) is 1. The Morgan fingerprint density at radius 2 is 1.76 bits per heavy atom. The number of carbonyl (C=O) groups excluding carboxylic acids is 1. The standard InChI is InChI=1S/C23H29N3O3/c1-17-8-7-9-18(2)23(17)29-16-21(27)25-24-19(3)22(20-10-5-4-6-11-20)26-12-14-28-15-13-26/h4-11,22H,12-16H2,1-3H3,(H,25,27)/p+1/b24-19-/t22-/m1/s1. The molecule has 1 saturated heterocycles. The molecule has 6 heteroatoms. The van der Waals surface area contributed by atoms with Gasteiger partial charge < -0.3 is 14.4 Å². The van der Waals surface area contributed by atoms with E-state index in [9.17, 15) is 4.79 Å². The minimum Gasteiger partial charge on any atom is -0.483 e. The maximum absolute atomic E-state index is 12.3. The molecule has 1 amide bonds. The van der Waals surface area contributed by atoms with Gasteiger partial charge in [0.15, 0.2) is 12.6 Å². The monoisotopic (exact) mass is 396 g/mol. The maximum Gasteiger partial charge on any atom is 0.277 e. The summed E-state index contributed by atoms with van der Waals surface area (Å²) in [5, 5.41) is 4.41. The Morgan fingerprint density at radius 1 is 1.10 bits per heavy atom. The van der Waals surface area contributed by atoms with Gasteiger partial charge in [0.2, 0.25) is 0 Å². The number of quaternary nitrogens is 1. The Bertz CT molecular complexity index is 825. The molecule has 0 unspecified atom stereocenters. The van der Waals surface area contributed by atoms with Crippen molar-refractivity contribution in [3.05, 3.63) is 65.2 Å². The normalized spacial score (nSPS) is 16.3. The number of morpholine rings is 1. The molecule has 2 aromatic rings. The third kappa shape index (κ3) is 5.65. The van der Waals surface area contributed by atoms with Gasteiger partial charge in [0.1, 0.15) is 18.8 Å². The Labute approximate surface area is 172 Å². The van der Waals surface area contributed by atoms with Gasteiger partial charge in [0.05, 0.1) is 18.9 Å². The van der Waals surface area contributed by atoms with Gasteiger partial charge in [-0.1, -0.05) is 48.5 Å². The van der Waals surface area contributed by atoms with E-state index in [1.807, 2.05) is 57.2 Å². The zero-order chi connectivity index (χ0) is 20.6. The highest BCUT2D eigenvalue weighted by atomic mass is 16.5. The molecule has 1 atom stereocenters. The molecule has 1 aliphatic heterocycles. The number of hydrazone groups is 1. The third-order valence-corrected chi connectivity index (χ3v) is 5.21. The molecule has 2 N–H and O–H groups in total. The topological polar surface area (TPSA) is 64.4 Å². The van der Waals surface area contributed by atoms with Crippen LogP contribution < -0.4 is 15.1 Å². The summed E-state index contributed by atoms with van der Waals surface area (Å²) in [6.45, 7) is 9.14. The van der Waals surface area contributed by atoms with Crippen LogP contribution in [-0.4, -0.2) is 44.5 Å². The number of hydrogen-bond donors (Lipinski definition) is 2. The molecule has 6 nitrogen and oxygen atoms in total. The van der Waals surface area contributed by atoms with E-state index in [0.717, 1.165) is 48.9 Å². The zero-order valence-corrected chi connectivity index (χ0v) is 17.4. The van der Waals surface area contributed by atoms with Crippen molar-refractivity contribution in [1.82, 2.24) is 5.43 Å². The first-order valence-electron chi connectivity index (χ1n) is 10.1. The van der Waals surface area contributed by atoms with Gasteiger partial charge in [-0.25, -0.2) is 5.43 Å². The quantitative estimate of drug-likeness (QED) is 0.554. The van der Waals surface area contributed by atoms with Crippen molar-refractivity contribution in [1.29, 1.82) is 0 Å². The molecule has 2 aromatic carbocycles. The first kappa shape index (κ1) is 21.0. The number of para-hydroxylation sites is 1. The van der Waals surface area contributed by atoms with Crippen molar-refractivity contribution in [2.75, 3.05) is 32.9 Å². The van der Waals surface area contributed by atoms with Gasteiger partial charge in [0.25, 0.3) is 5.91 Å². The molecule has 0 radical (unpaired) electrons. The average molecular weight is 397 g/mol. The fourth-order valence-electron chi connectivity index (χ4n) is 3.75. The van der Waals surface area contributed by atoms with Gasteiger partial charge in [-0.2, -0.15) is 5.10 Å². The van der Waals surface area contributed by atoms with Gasteiger partial charge >= 0.3 is 0 Å². The fraction of sp³-hybridized carbons (Fsp3) is 0.391. The van der Waals surface area contributed by atoms with Crippen molar-refractivity contribution in [2.24, 2.45) is 5.10 Å². The van der Waals surface area contributed by atoms with E-state index in [1.165, 1.54) is 10.5 Å². The Morgan fingerprint density at radius 3 is 2.41 bits per heavy atom. The maximum atomic E-state index is 12.3. The van der Waals surface area contributed by atoms with Crippen molar-refractivity contribution in [3.8, 4) is 5.75 Å². The van der Waals surface area contributed by atoms with Crippen LogP contribution in [0, 0.1) is 13.8 Å². The molecule has 0 saturated carbocycles. The highest BCUT2D eigenvalue weighted by molar-refractivity contribution is 5.88. The molecule has 3 rings (SSSR count). The van der Waals surface area contributed by atoms with E-state index >= 15 is 0 Å². The summed E-state index contributed by atoms with van der Waals surface area (Å²) < 4.78 is 11.2. The summed E-state index contributed by atoms with van der Waals surface area (Å²) in [7, 11) is 0. The predicted octanol–water partition coefficient (Wildman–Crippen LogP) is 1.83. The average Bonchev–Trinajstić information content (AvgIpc) is 2.74. The number of nitrogens with one attached hydrogen (secondary N) is 2. The van der Waals surface area contributed by atoms with Crippen LogP contribution in [-0.2, 0) is 9.53 Å². The summed E-state index contributed by atoms with van der Waals surface area (Å²) in [6, 6.07) is 16.3. The van der Waals surface area contributed by atoms with E-state index in [4.69, 9.17) is 9.47 Å². The van der Waals surface area contributed by atoms with Crippen LogP contribution in [0.1, 0.15) is 29.7 Å². The minimum atomic E-state index is -0.268. The van der Waals surface area contributed by atoms with Crippen LogP contribution in [0.3, 0.4) is 0 Å². The van der Waals surface area contributed by atoms with Crippen LogP contribution in [0.15, 0.2) is 53.6 Å². The van der Waals surface area contributed by atoms with E-state index in [0.29, 0.717) is 0 Å². The van der Waals surface area contributed by atoms with E-state index < -0.39 is 0 Å². The second-order valence-corrected chi connectivity index (χ2v) is 7.41. The molecule has 1 fully saturated rings. The molecule has 0 aromatic heterocycles. The molecule has 0 aliphatic carbocycles. The van der Waals surface area contributed by atoms with Crippen LogP contribution >= 0.6 is 0 Å². The van der Waals surface area contributed by atoms with E-state index in [1.54, 1.807) is 0 Å². The first-order chi connectivity index (χ1) is 14.1. The SMILES string of the molecule is C/C(=N/NC(=O)COc1c(C)cccc1C)[C@H](c1ccccc1)[NH+]1CCOCC1. The zero-order valence-electron chi connectivity index (χ0n) is 17.4. The number of aryl methyl sites for hydroxylation is 2. The summed E-state index contributed by atoms with van der Waals surface area (Å²) >= 11 is 0. The van der Waals surface area contributed by atoms with Gasteiger partial charge in [-0.3, -0.25) is 4.79 Å². The summed E-state index contributed by atoms with van der Waals surface area (Å²) in [5.41, 5.74) is 6.74. The molecule has 29 heavy (non-hydrogen) atoms. The smallest absolute Gasteiger partial charge is 0.277 e. The molecule has 0 spiro atoms. The largest absolute Gasteiger partial charge is 0.483 e. The molecule has 1 heterocycles. The van der Waals surface area contributed by atoms with Crippen molar-refractivity contribution in [2.45, 2.75) is 26.8 Å². The van der Waals surface area contributed by atoms with Crippen LogP contribution in [0.25, 0.3) is 0 Å². The van der Waals surface area contributed by atoms with Crippen molar-refractivity contribution in [3.63, 3.8) is 0 Å². The lowest BCUT2D eigenvalue weighted by Crippen LogP contribution is -3.15. The third-order valence-electron chi connectivity index (χ3n) is 5.21. The second kappa shape index (κ2) is 10.2. The first-order valence-corrected chi connectivity index (χ1v) is 10.1. The van der Waals surface area contributed by atoms with Gasteiger partial charge in [0, 0.05) is 5.56 Å². The minimum absolute atomic E-state index is 0.0666. The van der Waals surface area contributed by atoms with Crippen molar-refractivity contribution < 1.29 is 19.2 Å². The summed E-state index contributed by atoms with van der Waals surface area (Å²) in [5.74, 6) is 0.485. The van der Waals surface area contributed by atoms with Crippen molar-refractivity contribution >= 4 is 11.6 Å². The number of benzene rings is 2. The molecule has 0 bridgehead atoms. The molecular formula is C23H30N3O3+. The van der Waals surface area contributed by atoms with Crippen LogP contribution in [0.5, 0.6) is 5.75 Å². The van der Waals surface area contributed by atoms with Crippen LogP contribution in [0.2, 0.25) is 0 Å². The molecule has 1 aliphatic rings. The second-order valence-electron chi connectivity index (χ2n) is 7.41. The lowest BCUT2D eigenvalue weighted by Gasteiger charge is -2.31. The van der Waals surface area contributed by atoms with Crippen LogP contribution in [0.4, 0.5) is 0 Å². The summed E-state index contributed by atoms with van der Waals surface area (Å²) in [4.78, 5) is 13.7. The number of hydrogen-bond acceptors (Lipinski definition) is 4. The number of amides is 1. The fourth-order valence-corrected chi connectivity index (χ4v) is 3.75. The highest BCUT2D eigenvalue weighted by Gasteiger charge is 2.29. The summed E-state index contributed by atoms with van der Waals surface area (Å²) in [6.07, 6.45) is 0. The number of ether oxygens (including phenoxy) is 2. The Kier molecular flexibility index (Phi) is 7.38. The molecule has 154 valence electrons. The number of rotatable bonds is 7. The van der Waals surface area contributed by atoms with E-state index in [-0.39, 0.29) is 18.6 Å². The Hall–Kier alpha value is -2.70. The lowest BCUT2D eigenvalue weighted by atomic mass is 10.0. The van der Waals surface area contributed by atoms with E-state index in [2.05, 4.69) is 22.7 Å². The predicted molar refractivity (Wildman–Crippen MR) is 113 cm³/mol. The van der Waals surface area contributed by atoms with Gasteiger partial charge in [-0.05, 0) is 31.9 Å².